The Morgan fingerprint density at radius 2 is 2.39 bits per heavy atom. The van der Waals surface area contributed by atoms with Gasteiger partial charge in [0.05, 0.1) is 11.0 Å². The Balaban J connectivity index is 2.29. The summed E-state index contributed by atoms with van der Waals surface area (Å²) < 4.78 is 0.888. The topological polar surface area (TPSA) is 79.4 Å². The van der Waals surface area contributed by atoms with Gasteiger partial charge in [0.25, 0.3) is 5.91 Å². The number of aromatic nitrogens is 1. The molecule has 1 aromatic heterocycles. The van der Waals surface area contributed by atoms with Gasteiger partial charge in [-0.3, -0.25) is 4.79 Å². The highest BCUT2D eigenvalue weighted by atomic mass is 79.9. The minimum Gasteiger partial charge on any atom is -0.378 e. The van der Waals surface area contributed by atoms with Gasteiger partial charge in [0.2, 0.25) is 0 Å². The Morgan fingerprint density at radius 1 is 1.67 bits per heavy atom. The average molecular weight is 314 g/mol. The molecule has 0 bridgehead atoms. The average Bonchev–Trinajstić information content (AvgIpc) is 2.32. The smallest absolute Gasteiger partial charge is 0.251 e. The van der Waals surface area contributed by atoms with Crippen LogP contribution < -0.4 is 10.6 Å². The molecule has 1 aliphatic rings. The van der Waals surface area contributed by atoms with Crippen LogP contribution in [0.4, 0.5) is 5.82 Å². The number of aliphatic hydroxyl groups is 1. The number of rotatable bonds is 2. The van der Waals surface area contributed by atoms with Crippen molar-refractivity contribution in [3.05, 3.63) is 22.3 Å². The van der Waals surface area contributed by atoms with E-state index in [1.165, 1.54) is 0 Å². The Bertz CT molecular complexity index is 480. The van der Waals surface area contributed by atoms with Crippen LogP contribution in [0.25, 0.3) is 0 Å². The highest BCUT2D eigenvalue weighted by Gasteiger charge is 2.39. The van der Waals surface area contributed by atoms with Crippen LogP contribution in [0.3, 0.4) is 0 Å². The van der Waals surface area contributed by atoms with Crippen LogP contribution in [0.2, 0.25) is 0 Å². The molecule has 1 fully saturated rings. The van der Waals surface area contributed by atoms with Crippen molar-refractivity contribution >= 4 is 27.7 Å². The lowest BCUT2D eigenvalue weighted by Crippen LogP contribution is -2.56. The Morgan fingerprint density at radius 3 is 3.06 bits per heavy atom. The molecule has 1 aromatic rings. The third kappa shape index (κ3) is 2.35. The molecule has 5 nitrogen and oxygen atoms in total. The fourth-order valence-corrected chi connectivity index (χ4v) is 2.65. The molecule has 98 valence electrons. The van der Waals surface area contributed by atoms with Gasteiger partial charge in [-0.05, 0) is 47.3 Å². The van der Waals surface area contributed by atoms with Crippen molar-refractivity contribution in [2.45, 2.75) is 25.4 Å². The van der Waals surface area contributed by atoms with Crippen LogP contribution in [0.5, 0.6) is 0 Å². The van der Waals surface area contributed by atoms with Crippen molar-refractivity contribution < 1.29 is 9.90 Å². The number of nitrogens with zero attached hydrogens (tertiary/aromatic N) is 2. The van der Waals surface area contributed by atoms with E-state index in [4.69, 9.17) is 5.73 Å². The van der Waals surface area contributed by atoms with E-state index in [0.29, 0.717) is 12.8 Å². The number of nitrogens with two attached hydrogens (primary N) is 1. The number of halogens is 1. The molecule has 0 aromatic carbocycles. The molecule has 1 amide bonds. The number of amides is 1. The summed E-state index contributed by atoms with van der Waals surface area (Å²) in [5, 5.41) is 10.2. The van der Waals surface area contributed by atoms with Crippen molar-refractivity contribution in [2.75, 3.05) is 18.0 Å². The number of aryl methyl sites for hydroxylation is 1. The van der Waals surface area contributed by atoms with Gasteiger partial charge in [-0.15, -0.1) is 0 Å². The van der Waals surface area contributed by atoms with Crippen LogP contribution in [0, 0.1) is 6.92 Å². The minimum atomic E-state index is -1.46. The second-order valence-electron chi connectivity index (χ2n) is 4.69. The van der Waals surface area contributed by atoms with Gasteiger partial charge >= 0.3 is 0 Å². The van der Waals surface area contributed by atoms with Crippen molar-refractivity contribution in [3.8, 4) is 0 Å². The summed E-state index contributed by atoms with van der Waals surface area (Å²) in [6.07, 6.45) is 2.83. The number of anilines is 1. The summed E-state index contributed by atoms with van der Waals surface area (Å²) in [6, 6.07) is 1.90. The molecule has 1 atom stereocenters. The number of carbonyl (C=O) groups is 1. The molecule has 18 heavy (non-hydrogen) atoms. The summed E-state index contributed by atoms with van der Waals surface area (Å²) in [6.45, 7) is 2.92. The fourth-order valence-electron chi connectivity index (χ4n) is 2.16. The maximum atomic E-state index is 11.3. The van der Waals surface area contributed by atoms with Crippen LogP contribution >= 0.6 is 15.9 Å². The zero-order valence-corrected chi connectivity index (χ0v) is 11.8. The number of piperidine rings is 1. The number of carbonyl (C=O) groups excluding carboxylic acids is 1. The molecule has 0 aliphatic carbocycles. The predicted octanol–water partition coefficient (Wildman–Crippen LogP) is 0.969. The first-order valence-electron chi connectivity index (χ1n) is 5.82. The first-order valence-corrected chi connectivity index (χ1v) is 6.62. The molecule has 0 radical (unpaired) electrons. The summed E-state index contributed by atoms with van der Waals surface area (Å²) in [7, 11) is 0. The number of primary amides is 1. The van der Waals surface area contributed by atoms with E-state index in [1.807, 2.05) is 17.9 Å². The molecule has 0 saturated carbocycles. The Kier molecular flexibility index (Phi) is 3.59. The summed E-state index contributed by atoms with van der Waals surface area (Å²) in [5.74, 6) is 0.0744. The summed E-state index contributed by atoms with van der Waals surface area (Å²) in [5.41, 5.74) is 4.87. The van der Waals surface area contributed by atoms with E-state index in [2.05, 4.69) is 20.9 Å². The summed E-state index contributed by atoms with van der Waals surface area (Å²) in [4.78, 5) is 17.5. The quantitative estimate of drug-likeness (QED) is 0.852. The predicted molar refractivity (Wildman–Crippen MR) is 72.3 cm³/mol. The molecule has 6 heteroatoms. The van der Waals surface area contributed by atoms with Gasteiger partial charge in [-0.1, -0.05) is 0 Å². The van der Waals surface area contributed by atoms with Crippen molar-refractivity contribution in [2.24, 2.45) is 5.73 Å². The molecule has 2 rings (SSSR count). The van der Waals surface area contributed by atoms with Gasteiger partial charge in [-0.25, -0.2) is 4.98 Å². The van der Waals surface area contributed by atoms with Crippen molar-refractivity contribution in [1.29, 1.82) is 0 Å². The van der Waals surface area contributed by atoms with E-state index >= 15 is 0 Å². The second-order valence-corrected chi connectivity index (χ2v) is 5.48. The van der Waals surface area contributed by atoms with Gasteiger partial charge < -0.3 is 15.7 Å². The van der Waals surface area contributed by atoms with Crippen LogP contribution in [0.15, 0.2) is 16.7 Å². The zero-order chi connectivity index (χ0) is 13.3. The van der Waals surface area contributed by atoms with Crippen molar-refractivity contribution in [1.82, 2.24) is 4.98 Å². The minimum absolute atomic E-state index is 0.192. The first-order chi connectivity index (χ1) is 8.44. The number of hydrogen-bond donors (Lipinski definition) is 2. The number of pyridine rings is 1. The third-order valence-corrected chi connectivity index (χ3v) is 4.27. The van der Waals surface area contributed by atoms with E-state index in [0.717, 1.165) is 22.4 Å². The first kappa shape index (κ1) is 13.3. The maximum absolute atomic E-state index is 11.3. The standard InChI is InChI=1S/C12H16BrN3O2/c1-8-3-5-15-10(9(8)13)16-6-2-4-12(18,7-16)11(14)17/h3,5,18H,2,4,6-7H2,1H3,(H2,14,17)/t12-/m1/s1. The molecule has 2 heterocycles. The van der Waals surface area contributed by atoms with Crippen LogP contribution in [-0.2, 0) is 4.79 Å². The SMILES string of the molecule is Cc1ccnc(N2CCC[C@](O)(C(N)=O)C2)c1Br. The monoisotopic (exact) mass is 313 g/mol. The van der Waals surface area contributed by atoms with Gasteiger partial charge in [0.1, 0.15) is 5.82 Å². The van der Waals surface area contributed by atoms with Crippen LogP contribution in [-0.4, -0.2) is 34.7 Å². The van der Waals surface area contributed by atoms with Gasteiger partial charge in [-0.2, -0.15) is 0 Å². The van der Waals surface area contributed by atoms with E-state index in [-0.39, 0.29) is 6.54 Å². The maximum Gasteiger partial charge on any atom is 0.251 e. The molecule has 1 saturated heterocycles. The molecular weight excluding hydrogens is 298 g/mol. The summed E-state index contributed by atoms with van der Waals surface area (Å²) >= 11 is 3.49. The molecule has 3 N–H and O–H groups in total. The lowest BCUT2D eigenvalue weighted by atomic mass is 9.92. The zero-order valence-electron chi connectivity index (χ0n) is 10.2. The van der Waals surface area contributed by atoms with Gasteiger partial charge in [0.15, 0.2) is 5.60 Å². The lowest BCUT2D eigenvalue weighted by Gasteiger charge is -2.38. The van der Waals surface area contributed by atoms with Crippen LogP contribution in [0.1, 0.15) is 18.4 Å². The highest BCUT2D eigenvalue weighted by molar-refractivity contribution is 9.10. The molecular formula is C12H16BrN3O2. The molecule has 0 spiro atoms. The largest absolute Gasteiger partial charge is 0.378 e. The Labute approximate surface area is 114 Å². The fraction of sp³-hybridized carbons (Fsp3) is 0.500. The number of hydrogen-bond acceptors (Lipinski definition) is 4. The molecule has 1 aliphatic heterocycles. The lowest BCUT2D eigenvalue weighted by molar-refractivity contribution is -0.137. The Hall–Kier alpha value is -1.14. The van der Waals surface area contributed by atoms with E-state index in [9.17, 15) is 9.90 Å². The van der Waals surface area contributed by atoms with Gasteiger partial charge in [0, 0.05) is 12.7 Å². The van der Waals surface area contributed by atoms with E-state index in [1.54, 1.807) is 6.20 Å². The third-order valence-electron chi connectivity index (χ3n) is 3.29. The van der Waals surface area contributed by atoms with Crippen molar-refractivity contribution in [3.63, 3.8) is 0 Å². The highest BCUT2D eigenvalue weighted by Crippen LogP contribution is 2.31. The second kappa shape index (κ2) is 4.85. The number of β-amino-alcohol motifs (C(OH)–C–C–N with tert-alkyl or cyclic N) is 1. The normalized spacial score (nSPS) is 24.1. The molecule has 0 unspecified atom stereocenters. The van der Waals surface area contributed by atoms with E-state index < -0.39 is 11.5 Å².